The van der Waals surface area contributed by atoms with Crippen molar-refractivity contribution in [3.63, 3.8) is 0 Å². The molecule has 0 saturated heterocycles. The molecule has 0 aliphatic carbocycles. The molecule has 1 amide bonds. The van der Waals surface area contributed by atoms with Gasteiger partial charge >= 0.3 is 6.18 Å². The molecule has 2 aromatic carbocycles. The molecule has 162 valence electrons. The summed E-state index contributed by atoms with van der Waals surface area (Å²) in [4.78, 5) is 12.9. The molecule has 4 rings (SSSR count). The molecule has 1 atom stereocenters. The van der Waals surface area contributed by atoms with Crippen molar-refractivity contribution in [3.05, 3.63) is 71.7 Å². The molecule has 2 aromatic heterocycles. The third-order valence-electron chi connectivity index (χ3n) is 5.16. The number of aromatic nitrogens is 4. The Bertz CT molecular complexity index is 1360. The Morgan fingerprint density at radius 2 is 1.97 bits per heavy atom. The standard InChI is InChI=1S/C22H17F3N6O/c1-13(22(23,24)25)20-14(9-26)4-3-5-18(20)21(32)29-16-7-6-15-10-28-31(19(15)8-16)17-11-27-30(2)12-17/h3-8,10-13H,1-2H3,(H,29,32). The SMILES string of the molecule is CC(c1c(C#N)cccc1C(=O)Nc1ccc2cnn(-c3cnn(C)c3)c2c1)C(F)(F)F. The summed E-state index contributed by atoms with van der Waals surface area (Å²) < 4.78 is 43.5. The van der Waals surface area contributed by atoms with Gasteiger partial charge in [0.1, 0.15) is 5.69 Å². The molecule has 7 nitrogen and oxygen atoms in total. The van der Waals surface area contributed by atoms with E-state index in [9.17, 15) is 23.2 Å². The molecule has 0 aliphatic heterocycles. The van der Waals surface area contributed by atoms with Gasteiger partial charge in [0.15, 0.2) is 0 Å². The maximum Gasteiger partial charge on any atom is 0.395 e. The monoisotopic (exact) mass is 438 g/mol. The molecule has 0 saturated carbocycles. The number of halogens is 3. The average molecular weight is 438 g/mol. The maximum absolute atomic E-state index is 13.4. The van der Waals surface area contributed by atoms with Crippen LogP contribution in [0.2, 0.25) is 0 Å². The van der Waals surface area contributed by atoms with E-state index in [-0.39, 0.29) is 16.7 Å². The minimum absolute atomic E-state index is 0.187. The predicted octanol–water partition coefficient (Wildman–Crippen LogP) is 4.55. The zero-order valence-corrected chi connectivity index (χ0v) is 17.1. The van der Waals surface area contributed by atoms with Crippen LogP contribution in [-0.2, 0) is 7.05 Å². The van der Waals surface area contributed by atoms with Gasteiger partial charge in [0, 0.05) is 23.7 Å². The zero-order chi connectivity index (χ0) is 23.0. The number of hydrogen-bond acceptors (Lipinski definition) is 4. The highest BCUT2D eigenvalue weighted by Crippen LogP contribution is 2.38. The van der Waals surface area contributed by atoms with E-state index in [2.05, 4.69) is 15.5 Å². The lowest BCUT2D eigenvalue weighted by atomic mass is 9.90. The number of nitriles is 1. The highest BCUT2D eigenvalue weighted by atomic mass is 19.4. The number of carbonyl (C=O) groups is 1. The number of amides is 1. The normalized spacial score (nSPS) is 12.5. The van der Waals surface area contributed by atoms with E-state index in [1.165, 1.54) is 18.2 Å². The molecular formula is C22H17F3N6O. The van der Waals surface area contributed by atoms with E-state index in [1.54, 1.807) is 59.3 Å². The Labute approximate surface area is 180 Å². The van der Waals surface area contributed by atoms with Gasteiger partial charge in [-0.1, -0.05) is 6.07 Å². The van der Waals surface area contributed by atoms with Crippen LogP contribution >= 0.6 is 0 Å². The van der Waals surface area contributed by atoms with Crippen LogP contribution in [0.4, 0.5) is 18.9 Å². The molecule has 4 aromatic rings. The third kappa shape index (κ3) is 3.80. The first-order valence-electron chi connectivity index (χ1n) is 9.57. The number of nitrogens with zero attached hydrogens (tertiary/aromatic N) is 5. The van der Waals surface area contributed by atoms with Gasteiger partial charge in [-0.15, -0.1) is 0 Å². The van der Waals surface area contributed by atoms with Gasteiger partial charge in [-0.05, 0) is 42.8 Å². The van der Waals surface area contributed by atoms with E-state index in [0.29, 0.717) is 16.9 Å². The second-order valence-electron chi connectivity index (χ2n) is 7.30. The summed E-state index contributed by atoms with van der Waals surface area (Å²) in [5.41, 5.74) is 1.05. The number of carbonyl (C=O) groups excluding carboxylic acids is 1. The average Bonchev–Trinajstić information content (AvgIpc) is 3.37. The minimum Gasteiger partial charge on any atom is -0.322 e. The van der Waals surface area contributed by atoms with Gasteiger partial charge in [0.25, 0.3) is 5.91 Å². The molecule has 32 heavy (non-hydrogen) atoms. The smallest absolute Gasteiger partial charge is 0.322 e. The molecule has 1 N–H and O–H groups in total. The first-order valence-corrected chi connectivity index (χ1v) is 9.57. The number of alkyl halides is 3. The number of fused-ring (bicyclic) bond motifs is 1. The molecule has 0 bridgehead atoms. The van der Waals surface area contributed by atoms with Crippen molar-refractivity contribution >= 4 is 22.5 Å². The van der Waals surface area contributed by atoms with Crippen molar-refractivity contribution < 1.29 is 18.0 Å². The van der Waals surface area contributed by atoms with Crippen LogP contribution in [0.3, 0.4) is 0 Å². The molecule has 1 unspecified atom stereocenters. The summed E-state index contributed by atoms with van der Waals surface area (Å²) in [6, 6.07) is 10.8. The molecular weight excluding hydrogens is 421 g/mol. The van der Waals surface area contributed by atoms with E-state index < -0.39 is 18.0 Å². The van der Waals surface area contributed by atoms with Crippen LogP contribution in [0, 0.1) is 11.3 Å². The van der Waals surface area contributed by atoms with Crippen LogP contribution in [0.25, 0.3) is 16.6 Å². The van der Waals surface area contributed by atoms with Gasteiger partial charge in [0.05, 0.1) is 41.7 Å². The van der Waals surface area contributed by atoms with Gasteiger partial charge < -0.3 is 5.32 Å². The fourth-order valence-corrected chi connectivity index (χ4v) is 3.51. The number of hydrogen-bond donors (Lipinski definition) is 1. The van der Waals surface area contributed by atoms with Crippen molar-refractivity contribution in [2.45, 2.75) is 19.0 Å². The van der Waals surface area contributed by atoms with E-state index >= 15 is 0 Å². The summed E-state index contributed by atoms with van der Waals surface area (Å²) in [7, 11) is 1.77. The summed E-state index contributed by atoms with van der Waals surface area (Å²) in [6.45, 7) is 0.936. The first kappa shape index (κ1) is 21.1. The highest BCUT2D eigenvalue weighted by molar-refractivity contribution is 6.06. The molecule has 0 aliphatic rings. The second kappa shape index (κ2) is 7.85. The lowest BCUT2D eigenvalue weighted by Crippen LogP contribution is -2.23. The third-order valence-corrected chi connectivity index (χ3v) is 5.16. The van der Waals surface area contributed by atoms with Crippen molar-refractivity contribution in [2.24, 2.45) is 7.05 Å². The lowest BCUT2D eigenvalue weighted by molar-refractivity contribution is -0.146. The number of aryl methyl sites for hydroxylation is 1. The molecule has 0 radical (unpaired) electrons. The summed E-state index contributed by atoms with van der Waals surface area (Å²) >= 11 is 0. The number of benzene rings is 2. The van der Waals surface area contributed by atoms with Crippen molar-refractivity contribution in [3.8, 4) is 11.8 Å². The molecule has 0 spiro atoms. The van der Waals surface area contributed by atoms with Gasteiger partial charge in [-0.3, -0.25) is 9.48 Å². The number of nitrogens with one attached hydrogen (secondary N) is 1. The zero-order valence-electron chi connectivity index (χ0n) is 17.1. The maximum atomic E-state index is 13.4. The predicted molar refractivity (Wildman–Crippen MR) is 111 cm³/mol. The number of rotatable bonds is 4. The Balaban J connectivity index is 1.71. The van der Waals surface area contributed by atoms with Gasteiger partial charge in [-0.2, -0.15) is 28.6 Å². The van der Waals surface area contributed by atoms with Gasteiger partial charge in [0.2, 0.25) is 0 Å². The molecule has 2 heterocycles. The van der Waals surface area contributed by atoms with Crippen LogP contribution < -0.4 is 5.32 Å². The lowest BCUT2D eigenvalue weighted by Gasteiger charge is -2.20. The summed E-state index contributed by atoms with van der Waals surface area (Å²) in [6.07, 6.45) is 0.469. The quantitative estimate of drug-likeness (QED) is 0.506. The Hall–Kier alpha value is -4.13. The highest BCUT2D eigenvalue weighted by Gasteiger charge is 2.40. The summed E-state index contributed by atoms with van der Waals surface area (Å²) in [5.74, 6) is -2.71. The van der Waals surface area contributed by atoms with Crippen LogP contribution in [-0.4, -0.2) is 31.6 Å². The Morgan fingerprint density at radius 3 is 2.62 bits per heavy atom. The Kier molecular flexibility index (Phi) is 5.18. The van der Waals surface area contributed by atoms with E-state index in [0.717, 1.165) is 12.3 Å². The van der Waals surface area contributed by atoms with Crippen molar-refractivity contribution in [1.82, 2.24) is 19.6 Å². The summed E-state index contributed by atoms with van der Waals surface area (Å²) in [5, 5.41) is 21.2. The fraction of sp³-hybridized carbons (Fsp3) is 0.182. The second-order valence-corrected chi connectivity index (χ2v) is 7.30. The first-order chi connectivity index (χ1) is 15.2. The van der Waals surface area contributed by atoms with Gasteiger partial charge in [-0.25, -0.2) is 4.68 Å². The van der Waals surface area contributed by atoms with Crippen LogP contribution in [0.5, 0.6) is 0 Å². The topological polar surface area (TPSA) is 88.5 Å². The molecule has 0 fully saturated rings. The largest absolute Gasteiger partial charge is 0.395 e. The van der Waals surface area contributed by atoms with Crippen molar-refractivity contribution in [1.29, 1.82) is 5.26 Å². The minimum atomic E-state index is -4.60. The molecule has 10 heteroatoms. The van der Waals surface area contributed by atoms with E-state index in [1.807, 2.05) is 0 Å². The van der Waals surface area contributed by atoms with Crippen LogP contribution in [0.15, 0.2) is 55.0 Å². The number of anilines is 1. The van der Waals surface area contributed by atoms with E-state index in [4.69, 9.17) is 0 Å². The fourth-order valence-electron chi connectivity index (χ4n) is 3.51. The van der Waals surface area contributed by atoms with Crippen LogP contribution in [0.1, 0.15) is 34.3 Å². The van der Waals surface area contributed by atoms with Crippen molar-refractivity contribution in [2.75, 3.05) is 5.32 Å². The Morgan fingerprint density at radius 1 is 1.19 bits per heavy atom.